The molecule has 1 N–H and O–H groups in total. The molecule has 0 aliphatic rings. The van der Waals surface area contributed by atoms with Gasteiger partial charge in [-0.1, -0.05) is 0 Å². The van der Waals surface area contributed by atoms with Crippen LogP contribution in [0.25, 0.3) is 0 Å². The second-order valence-electron chi connectivity index (χ2n) is 5.83. The number of carboxylic acid groups (broad SMARTS) is 1. The Hall–Kier alpha value is -1.10. The third-order valence-electron chi connectivity index (χ3n) is 3.04. The minimum Gasteiger partial charge on any atom is -0.481 e. The molecule has 18 heavy (non-hydrogen) atoms. The number of nitrogens with zero attached hydrogens (tertiary/aromatic N) is 2. The molecule has 0 aromatic rings. The quantitative estimate of drug-likeness (QED) is 0.783. The second kappa shape index (κ2) is 6.73. The van der Waals surface area contributed by atoms with Crippen LogP contribution >= 0.6 is 0 Å². The van der Waals surface area contributed by atoms with Gasteiger partial charge in [0.2, 0.25) is 5.91 Å². The van der Waals surface area contributed by atoms with Crippen molar-refractivity contribution < 1.29 is 14.7 Å². The van der Waals surface area contributed by atoms with Gasteiger partial charge in [-0.25, -0.2) is 0 Å². The average molecular weight is 258 g/mol. The van der Waals surface area contributed by atoms with Crippen molar-refractivity contribution in [3.8, 4) is 0 Å². The zero-order valence-electron chi connectivity index (χ0n) is 12.4. The Morgan fingerprint density at radius 2 is 1.72 bits per heavy atom. The van der Waals surface area contributed by atoms with Crippen molar-refractivity contribution >= 4 is 11.9 Å². The van der Waals surface area contributed by atoms with Crippen LogP contribution in [0, 0.1) is 0 Å². The first kappa shape index (κ1) is 16.9. The number of hydrogen-bond acceptors (Lipinski definition) is 3. The summed E-state index contributed by atoms with van der Waals surface area (Å²) in [5.74, 6) is -0.820. The fourth-order valence-corrected chi connectivity index (χ4v) is 1.45. The number of hydrogen-bond donors (Lipinski definition) is 1. The number of carboxylic acids is 1. The van der Waals surface area contributed by atoms with Crippen molar-refractivity contribution in [2.75, 3.05) is 20.1 Å². The van der Waals surface area contributed by atoms with E-state index in [2.05, 4.69) is 0 Å². The normalized spacial score (nSPS) is 12.0. The molecule has 1 amide bonds. The predicted octanol–water partition coefficient (Wildman–Crippen LogP) is 1.43. The van der Waals surface area contributed by atoms with Gasteiger partial charge in [0.05, 0.1) is 13.0 Å². The van der Waals surface area contributed by atoms with Crippen LogP contribution < -0.4 is 0 Å². The fraction of sp³-hybridized carbons (Fsp3) is 0.846. The Labute approximate surface area is 110 Å². The second-order valence-corrected chi connectivity index (χ2v) is 5.83. The van der Waals surface area contributed by atoms with Crippen LogP contribution in [0.2, 0.25) is 0 Å². The third-order valence-corrected chi connectivity index (χ3v) is 3.04. The first-order valence-electron chi connectivity index (χ1n) is 6.28. The van der Waals surface area contributed by atoms with Gasteiger partial charge in [0.15, 0.2) is 0 Å². The molecule has 0 saturated heterocycles. The smallest absolute Gasteiger partial charge is 0.304 e. The van der Waals surface area contributed by atoms with E-state index in [1.807, 2.05) is 39.5 Å². The lowest BCUT2D eigenvalue weighted by Gasteiger charge is -2.36. The summed E-state index contributed by atoms with van der Waals surface area (Å²) in [6.45, 7) is 10.5. The highest BCUT2D eigenvalue weighted by Gasteiger charge is 2.25. The predicted molar refractivity (Wildman–Crippen MR) is 71.5 cm³/mol. The zero-order valence-corrected chi connectivity index (χ0v) is 12.4. The van der Waals surface area contributed by atoms with E-state index in [9.17, 15) is 9.59 Å². The molecule has 0 bridgehead atoms. The van der Waals surface area contributed by atoms with Crippen LogP contribution in [0.1, 0.15) is 41.0 Å². The van der Waals surface area contributed by atoms with Gasteiger partial charge >= 0.3 is 5.97 Å². The van der Waals surface area contributed by atoms with E-state index in [-0.39, 0.29) is 30.5 Å². The van der Waals surface area contributed by atoms with E-state index in [4.69, 9.17) is 5.11 Å². The van der Waals surface area contributed by atoms with Gasteiger partial charge in [-0.15, -0.1) is 0 Å². The molecule has 106 valence electrons. The van der Waals surface area contributed by atoms with Crippen molar-refractivity contribution in [1.29, 1.82) is 0 Å². The molecule has 5 heteroatoms. The maximum absolute atomic E-state index is 12.0. The lowest BCUT2D eigenvalue weighted by molar-refractivity contribution is -0.139. The molecule has 5 nitrogen and oxygen atoms in total. The number of likely N-dealkylation sites (N-methyl/N-ethyl adjacent to an activating group) is 1. The van der Waals surface area contributed by atoms with Crippen LogP contribution in [0.15, 0.2) is 0 Å². The van der Waals surface area contributed by atoms with Gasteiger partial charge in [-0.3, -0.25) is 14.5 Å². The Bertz CT molecular complexity index is 295. The molecule has 0 atom stereocenters. The van der Waals surface area contributed by atoms with E-state index in [0.29, 0.717) is 6.54 Å². The van der Waals surface area contributed by atoms with Crippen molar-refractivity contribution in [2.45, 2.75) is 52.6 Å². The van der Waals surface area contributed by atoms with Crippen molar-refractivity contribution in [1.82, 2.24) is 9.80 Å². The number of carbonyl (C=O) groups excluding carboxylic acids is 1. The number of aliphatic carboxylic acids is 1. The highest BCUT2D eigenvalue weighted by atomic mass is 16.4. The molecule has 0 unspecified atom stereocenters. The van der Waals surface area contributed by atoms with Gasteiger partial charge in [-0.2, -0.15) is 0 Å². The summed E-state index contributed by atoms with van der Waals surface area (Å²) in [6.07, 6.45) is 0.0515. The van der Waals surface area contributed by atoms with E-state index < -0.39 is 5.97 Å². The Kier molecular flexibility index (Phi) is 6.32. The molecule has 0 aliphatic heterocycles. The van der Waals surface area contributed by atoms with Crippen LogP contribution in [0.4, 0.5) is 0 Å². The largest absolute Gasteiger partial charge is 0.481 e. The van der Waals surface area contributed by atoms with Crippen LogP contribution in [-0.2, 0) is 9.59 Å². The first-order valence-corrected chi connectivity index (χ1v) is 6.28. The van der Waals surface area contributed by atoms with E-state index in [1.165, 1.54) is 0 Å². The standard InChI is InChI=1S/C13H26N2O3/c1-10(2)14(6)11(16)9-15(13(3,4)5)8-7-12(17)18/h10H,7-9H2,1-6H3,(H,17,18). The van der Waals surface area contributed by atoms with E-state index >= 15 is 0 Å². The summed E-state index contributed by atoms with van der Waals surface area (Å²) in [7, 11) is 1.77. The lowest BCUT2D eigenvalue weighted by Crippen LogP contribution is -2.49. The fourth-order valence-electron chi connectivity index (χ4n) is 1.45. The molecule has 0 heterocycles. The van der Waals surface area contributed by atoms with E-state index in [0.717, 1.165) is 0 Å². The van der Waals surface area contributed by atoms with Gasteiger partial charge in [0, 0.05) is 25.2 Å². The molecule has 0 saturated carbocycles. The minimum absolute atomic E-state index is 0.0188. The Morgan fingerprint density at radius 3 is 2.06 bits per heavy atom. The zero-order chi connectivity index (χ0) is 14.5. The summed E-state index contributed by atoms with van der Waals surface area (Å²) in [6, 6.07) is 0.152. The van der Waals surface area contributed by atoms with Crippen LogP contribution in [-0.4, -0.2) is 58.5 Å². The molecule has 0 fully saturated rings. The van der Waals surface area contributed by atoms with Crippen molar-refractivity contribution in [2.24, 2.45) is 0 Å². The molecular weight excluding hydrogens is 232 g/mol. The lowest BCUT2D eigenvalue weighted by atomic mass is 10.1. The summed E-state index contributed by atoms with van der Waals surface area (Å²) in [4.78, 5) is 26.2. The maximum atomic E-state index is 12.0. The van der Waals surface area contributed by atoms with E-state index in [1.54, 1.807) is 11.9 Å². The van der Waals surface area contributed by atoms with Crippen molar-refractivity contribution in [3.05, 3.63) is 0 Å². The summed E-state index contributed by atoms with van der Waals surface area (Å²) < 4.78 is 0. The Balaban J connectivity index is 4.60. The van der Waals surface area contributed by atoms with Crippen molar-refractivity contribution in [3.63, 3.8) is 0 Å². The highest BCUT2D eigenvalue weighted by molar-refractivity contribution is 5.78. The van der Waals surface area contributed by atoms with Crippen LogP contribution in [0.5, 0.6) is 0 Å². The summed E-state index contributed by atoms with van der Waals surface area (Å²) in [5.41, 5.74) is -0.219. The van der Waals surface area contributed by atoms with Gasteiger partial charge in [0.1, 0.15) is 0 Å². The minimum atomic E-state index is -0.839. The van der Waals surface area contributed by atoms with Crippen LogP contribution in [0.3, 0.4) is 0 Å². The van der Waals surface area contributed by atoms with Gasteiger partial charge in [0.25, 0.3) is 0 Å². The maximum Gasteiger partial charge on any atom is 0.304 e. The molecular formula is C13H26N2O3. The van der Waals surface area contributed by atoms with Gasteiger partial charge in [-0.05, 0) is 34.6 Å². The topological polar surface area (TPSA) is 60.9 Å². The number of carbonyl (C=O) groups is 2. The summed E-state index contributed by atoms with van der Waals surface area (Å²) >= 11 is 0. The molecule has 0 rings (SSSR count). The average Bonchev–Trinajstić information content (AvgIpc) is 2.20. The summed E-state index contributed by atoms with van der Waals surface area (Å²) in [5, 5.41) is 8.74. The SMILES string of the molecule is CC(C)N(C)C(=O)CN(CCC(=O)O)C(C)(C)C. The monoisotopic (exact) mass is 258 g/mol. The first-order chi connectivity index (χ1) is 8.05. The van der Waals surface area contributed by atoms with Gasteiger partial charge < -0.3 is 10.0 Å². The highest BCUT2D eigenvalue weighted by Crippen LogP contribution is 2.14. The molecule has 0 radical (unpaired) electrons. The number of amides is 1. The Morgan fingerprint density at radius 1 is 1.22 bits per heavy atom. The molecule has 0 aromatic carbocycles. The molecule has 0 aliphatic carbocycles. The molecule has 0 spiro atoms. The third kappa shape index (κ3) is 6.00. The number of rotatable bonds is 6. The molecule has 0 aromatic heterocycles.